The van der Waals surface area contributed by atoms with E-state index in [0.717, 1.165) is 54.9 Å². The van der Waals surface area contributed by atoms with Gasteiger partial charge in [0.1, 0.15) is 12.4 Å². The van der Waals surface area contributed by atoms with Gasteiger partial charge in [0.05, 0.1) is 6.54 Å². The molecule has 4 rings (SSSR count). The Labute approximate surface area is 182 Å². The molecule has 0 spiro atoms. The third-order valence-electron chi connectivity index (χ3n) is 5.39. The van der Waals surface area contributed by atoms with Gasteiger partial charge >= 0.3 is 0 Å². The predicted molar refractivity (Wildman–Crippen MR) is 122 cm³/mol. The average molecular weight is 424 g/mol. The number of rotatable bonds is 7. The highest BCUT2D eigenvalue weighted by Crippen LogP contribution is 2.23. The molecule has 156 valence electrons. The minimum absolute atomic E-state index is 0.0332. The molecule has 1 N–H and O–H groups in total. The number of nitrogens with zero attached hydrogens (tertiary/aromatic N) is 2. The maximum absolute atomic E-state index is 12.6. The van der Waals surface area contributed by atoms with E-state index in [0.29, 0.717) is 18.2 Å². The van der Waals surface area contributed by atoms with Crippen molar-refractivity contribution in [1.29, 1.82) is 0 Å². The minimum atomic E-state index is 0.0332. The van der Waals surface area contributed by atoms with Gasteiger partial charge in [-0.15, -0.1) is 0 Å². The second kappa shape index (κ2) is 9.94. The second-order valence-electron chi connectivity index (χ2n) is 7.50. The molecule has 1 amide bonds. The maximum atomic E-state index is 12.6. The van der Waals surface area contributed by atoms with Crippen LogP contribution in [0.25, 0.3) is 10.8 Å². The molecule has 5 nitrogen and oxygen atoms in total. The zero-order valence-corrected chi connectivity index (χ0v) is 17.6. The van der Waals surface area contributed by atoms with Crippen LogP contribution in [0.15, 0.2) is 66.7 Å². The summed E-state index contributed by atoms with van der Waals surface area (Å²) in [4.78, 5) is 17.1. The van der Waals surface area contributed by atoms with Crippen LogP contribution in [-0.2, 0) is 4.79 Å². The normalized spacial score (nSPS) is 15.2. The zero-order valence-electron chi connectivity index (χ0n) is 16.9. The number of carbonyl (C=O) groups is 1. The third-order valence-corrected chi connectivity index (χ3v) is 5.64. The fourth-order valence-electron chi connectivity index (χ4n) is 3.72. The smallest absolute Gasteiger partial charge is 0.238 e. The maximum Gasteiger partial charge on any atom is 0.238 e. The lowest BCUT2D eigenvalue weighted by atomic mass is 10.1. The summed E-state index contributed by atoms with van der Waals surface area (Å²) in [6.45, 7) is 5.56. The summed E-state index contributed by atoms with van der Waals surface area (Å²) in [5.41, 5.74) is 0.871. The van der Waals surface area contributed by atoms with Gasteiger partial charge < -0.3 is 10.1 Å². The summed E-state index contributed by atoms with van der Waals surface area (Å²) < 4.78 is 5.78. The summed E-state index contributed by atoms with van der Waals surface area (Å²) in [6.07, 6.45) is 0. The van der Waals surface area contributed by atoms with Crippen molar-refractivity contribution in [3.05, 3.63) is 71.8 Å². The number of piperazine rings is 1. The van der Waals surface area contributed by atoms with Crippen LogP contribution in [-0.4, -0.2) is 61.6 Å². The molecule has 0 aliphatic carbocycles. The van der Waals surface area contributed by atoms with Crippen molar-refractivity contribution >= 4 is 34.0 Å². The van der Waals surface area contributed by atoms with Crippen molar-refractivity contribution < 1.29 is 9.53 Å². The van der Waals surface area contributed by atoms with Gasteiger partial charge in [-0.3, -0.25) is 14.6 Å². The SMILES string of the molecule is O=C(CN1CCN(CCOc2ccc(Cl)cc2)CC1)Nc1cccc2ccccc12. The Morgan fingerprint density at radius 3 is 2.40 bits per heavy atom. The molecule has 0 unspecified atom stereocenters. The molecule has 0 aromatic heterocycles. The molecule has 30 heavy (non-hydrogen) atoms. The Balaban J connectivity index is 1.20. The van der Waals surface area contributed by atoms with E-state index in [2.05, 4.69) is 27.2 Å². The number of carbonyl (C=O) groups excluding carboxylic acids is 1. The number of halogens is 1. The van der Waals surface area contributed by atoms with E-state index in [1.807, 2.05) is 54.6 Å². The summed E-state index contributed by atoms with van der Waals surface area (Å²) in [5, 5.41) is 5.99. The van der Waals surface area contributed by atoms with Crippen LogP contribution < -0.4 is 10.1 Å². The van der Waals surface area contributed by atoms with E-state index in [4.69, 9.17) is 16.3 Å². The van der Waals surface area contributed by atoms with Gasteiger partial charge in [0, 0.05) is 48.8 Å². The molecule has 1 fully saturated rings. The molecule has 0 bridgehead atoms. The average Bonchev–Trinajstić information content (AvgIpc) is 2.77. The molecule has 3 aromatic carbocycles. The van der Waals surface area contributed by atoms with Crippen molar-refractivity contribution in [3.63, 3.8) is 0 Å². The van der Waals surface area contributed by atoms with Crippen molar-refractivity contribution in [2.75, 3.05) is 51.2 Å². The molecule has 3 aromatic rings. The van der Waals surface area contributed by atoms with Crippen LogP contribution >= 0.6 is 11.6 Å². The third kappa shape index (κ3) is 5.51. The highest BCUT2D eigenvalue weighted by molar-refractivity contribution is 6.30. The quantitative estimate of drug-likeness (QED) is 0.620. The molecule has 1 heterocycles. The number of amides is 1. The van der Waals surface area contributed by atoms with Crippen LogP contribution in [0.3, 0.4) is 0 Å². The zero-order chi connectivity index (χ0) is 20.8. The Bertz CT molecular complexity index is 980. The van der Waals surface area contributed by atoms with Crippen LogP contribution in [0.5, 0.6) is 5.75 Å². The monoisotopic (exact) mass is 423 g/mol. The molecule has 1 aliphatic rings. The first-order chi connectivity index (χ1) is 14.7. The van der Waals surface area contributed by atoms with E-state index in [1.165, 1.54) is 0 Å². The topological polar surface area (TPSA) is 44.8 Å². The van der Waals surface area contributed by atoms with Crippen molar-refractivity contribution in [3.8, 4) is 5.75 Å². The molecule has 1 aliphatic heterocycles. The molecule has 6 heteroatoms. The molecule has 0 radical (unpaired) electrons. The Morgan fingerprint density at radius 1 is 0.900 bits per heavy atom. The van der Waals surface area contributed by atoms with Crippen LogP contribution in [0, 0.1) is 0 Å². The number of hydrogen-bond donors (Lipinski definition) is 1. The molecule has 0 saturated carbocycles. The van der Waals surface area contributed by atoms with E-state index in [9.17, 15) is 4.79 Å². The van der Waals surface area contributed by atoms with Gasteiger partial charge in [-0.1, -0.05) is 48.0 Å². The standard InChI is InChI=1S/C24H26ClN3O2/c25-20-8-10-21(11-9-20)30-17-16-27-12-14-28(15-13-27)18-24(29)26-23-7-3-5-19-4-1-2-6-22(19)23/h1-11H,12-18H2,(H,26,29). The number of hydrogen-bond acceptors (Lipinski definition) is 4. The van der Waals surface area contributed by atoms with Gasteiger partial charge in [0.15, 0.2) is 0 Å². The summed E-state index contributed by atoms with van der Waals surface area (Å²) in [7, 11) is 0. The van der Waals surface area contributed by atoms with Crippen LogP contribution in [0.2, 0.25) is 5.02 Å². The van der Waals surface area contributed by atoms with Gasteiger partial charge in [-0.05, 0) is 35.7 Å². The number of benzene rings is 3. The number of nitrogens with one attached hydrogen (secondary N) is 1. The van der Waals surface area contributed by atoms with Gasteiger partial charge in [-0.25, -0.2) is 0 Å². The molecular weight excluding hydrogens is 398 g/mol. The second-order valence-corrected chi connectivity index (χ2v) is 7.93. The first-order valence-corrected chi connectivity index (χ1v) is 10.7. The van der Waals surface area contributed by atoms with Crippen LogP contribution in [0.4, 0.5) is 5.69 Å². The van der Waals surface area contributed by atoms with Gasteiger partial charge in [-0.2, -0.15) is 0 Å². The van der Waals surface area contributed by atoms with E-state index < -0.39 is 0 Å². The lowest BCUT2D eigenvalue weighted by Crippen LogP contribution is -2.49. The fourth-order valence-corrected chi connectivity index (χ4v) is 3.85. The molecule has 0 atom stereocenters. The fraction of sp³-hybridized carbons (Fsp3) is 0.292. The van der Waals surface area contributed by atoms with Gasteiger partial charge in [0.2, 0.25) is 5.91 Å². The number of fused-ring (bicyclic) bond motifs is 1. The Kier molecular flexibility index (Phi) is 6.84. The minimum Gasteiger partial charge on any atom is -0.492 e. The molecule has 1 saturated heterocycles. The highest BCUT2D eigenvalue weighted by atomic mass is 35.5. The van der Waals surface area contributed by atoms with Crippen molar-refractivity contribution in [1.82, 2.24) is 9.80 Å². The lowest BCUT2D eigenvalue weighted by Gasteiger charge is -2.34. The van der Waals surface area contributed by atoms with E-state index >= 15 is 0 Å². The van der Waals surface area contributed by atoms with E-state index in [-0.39, 0.29) is 5.91 Å². The van der Waals surface area contributed by atoms with Crippen LogP contribution in [0.1, 0.15) is 0 Å². The van der Waals surface area contributed by atoms with E-state index in [1.54, 1.807) is 0 Å². The highest BCUT2D eigenvalue weighted by Gasteiger charge is 2.19. The van der Waals surface area contributed by atoms with Crippen molar-refractivity contribution in [2.24, 2.45) is 0 Å². The number of anilines is 1. The first kappa shape index (κ1) is 20.7. The number of ether oxygens (including phenoxy) is 1. The first-order valence-electron chi connectivity index (χ1n) is 10.3. The van der Waals surface area contributed by atoms with Gasteiger partial charge in [0.25, 0.3) is 0 Å². The van der Waals surface area contributed by atoms with Crippen molar-refractivity contribution in [2.45, 2.75) is 0 Å². The largest absolute Gasteiger partial charge is 0.492 e. The Morgan fingerprint density at radius 2 is 1.60 bits per heavy atom. The summed E-state index contributed by atoms with van der Waals surface area (Å²) >= 11 is 5.89. The molecular formula is C24H26ClN3O2. The summed E-state index contributed by atoms with van der Waals surface area (Å²) in [5.74, 6) is 0.869. The Hall–Kier alpha value is -2.60. The summed E-state index contributed by atoms with van der Waals surface area (Å²) in [6, 6.07) is 21.5. The predicted octanol–water partition coefficient (Wildman–Crippen LogP) is 4.13. The lowest BCUT2D eigenvalue weighted by molar-refractivity contribution is -0.117.